The van der Waals surface area contributed by atoms with Crippen LogP contribution in [0.2, 0.25) is 0 Å². The van der Waals surface area contributed by atoms with E-state index in [9.17, 15) is 15.0 Å². The van der Waals surface area contributed by atoms with Gasteiger partial charge in [0.1, 0.15) is 0 Å². The molecule has 0 radical (unpaired) electrons. The number of aromatic hydroxyl groups is 2. The van der Waals surface area contributed by atoms with E-state index in [2.05, 4.69) is 5.32 Å². The first kappa shape index (κ1) is 12.7. The second kappa shape index (κ2) is 5.27. The van der Waals surface area contributed by atoms with Crippen LogP contribution < -0.4 is 5.32 Å². The molecule has 0 bridgehead atoms. The normalized spacial score (nSPS) is 23.6. The van der Waals surface area contributed by atoms with Crippen molar-refractivity contribution in [1.82, 2.24) is 5.32 Å². The van der Waals surface area contributed by atoms with Crippen LogP contribution in [0.3, 0.4) is 0 Å². The molecule has 18 heavy (non-hydrogen) atoms. The van der Waals surface area contributed by atoms with Crippen LogP contribution in [0.15, 0.2) is 18.2 Å². The van der Waals surface area contributed by atoms with Gasteiger partial charge in [-0.2, -0.15) is 0 Å². The van der Waals surface area contributed by atoms with Crippen LogP contribution in [-0.4, -0.2) is 33.4 Å². The van der Waals surface area contributed by atoms with Crippen LogP contribution in [0, 0.1) is 0 Å². The Morgan fingerprint density at radius 1 is 1.17 bits per heavy atom. The fourth-order valence-electron chi connectivity index (χ4n) is 2.20. The largest absolute Gasteiger partial charge is 0.504 e. The number of hydrogen-bond acceptors (Lipinski definition) is 4. The molecule has 4 N–H and O–H groups in total. The summed E-state index contributed by atoms with van der Waals surface area (Å²) >= 11 is 0. The molecule has 0 heterocycles. The summed E-state index contributed by atoms with van der Waals surface area (Å²) in [5.41, 5.74) is 0.267. The molecule has 1 fully saturated rings. The maximum Gasteiger partial charge on any atom is 0.251 e. The molecule has 98 valence electrons. The van der Waals surface area contributed by atoms with Crippen molar-refractivity contribution in [1.29, 1.82) is 0 Å². The molecule has 1 aromatic rings. The standard InChI is InChI=1S/C13H17NO4/c15-10-4-2-1-3-9(10)14-13(18)8-5-6-11(16)12(17)7-8/h5-7,9-10,15-17H,1-4H2,(H,14,18)/t9-,10-/m1/s1. The summed E-state index contributed by atoms with van der Waals surface area (Å²) in [6.07, 6.45) is 2.92. The van der Waals surface area contributed by atoms with E-state index in [1.54, 1.807) is 0 Å². The van der Waals surface area contributed by atoms with Gasteiger partial charge in [-0.25, -0.2) is 0 Å². The summed E-state index contributed by atoms with van der Waals surface area (Å²) in [6.45, 7) is 0. The van der Waals surface area contributed by atoms with Gasteiger partial charge < -0.3 is 20.6 Å². The molecule has 2 atom stereocenters. The summed E-state index contributed by atoms with van der Waals surface area (Å²) in [5.74, 6) is -0.938. The van der Waals surface area contributed by atoms with Crippen molar-refractivity contribution in [2.75, 3.05) is 0 Å². The van der Waals surface area contributed by atoms with Gasteiger partial charge in [-0.3, -0.25) is 4.79 Å². The highest BCUT2D eigenvalue weighted by Crippen LogP contribution is 2.25. The summed E-state index contributed by atoms with van der Waals surface area (Å²) in [6, 6.07) is 3.67. The lowest BCUT2D eigenvalue weighted by Crippen LogP contribution is -2.45. The molecule has 5 nitrogen and oxygen atoms in total. The minimum Gasteiger partial charge on any atom is -0.504 e. The molecule has 0 saturated heterocycles. The number of carbonyl (C=O) groups is 1. The average Bonchev–Trinajstić information content (AvgIpc) is 2.35. The summed E-state index contributed by atoms with van der Waals surface area (Å²) in [4.78, 5) is 11.9. The zero-order chi connectivity index (χ0) is 13.1. The number of carbonyl (C=O) groups excluding carboxylic acids is 1. The molecule has 0 spiro atoms. The van der Waals surface area contributed by atoms with E-state index in [1.807, 2.05) is 0 Å². The Bertz CT molecular complexity index is 447. The maximum atomic E-state index is 11.9. The van der Waals surface area contributed by atoms with Crippen LogP contribution in [-0.2, 0) is 0 Å². The van der Waals surface area contributed by atoms with Gasteiger partial charge in [-0.05, 0) is 31.0 Å². The number of phenolic OH excluding ortho intramolecular Hbond substituents is 2. The number of phenols is 2. The molecule has 1 aliphatic carbocycles. The van der Waals surface area contributed by atoms with Gasteiger partial charge in [-0.15, -0.1) is 0 Å². The molecule has 5 heteroatoms. The van der Waals surface area contributed by atoms with Gasteiger partial charge in [0.25, 0.3) is 5.91 Å². The van der Waals surface area contributed by atoms with Gasteiger partial charge >= 0.3 is 0 Å². The SMILES string of the molecule is O=C(N[C@@H]1CCCC[C@H]1O)c1ccc(O)c(O)c1. The zero-order valence-corrected chi connectivity index (χ0v) is 9.97. The highest BCUT2D eigenvalue weighted by Gasteiger charge is 2.24. The minimum atomic E-state index is -0.506. The van der Waals surface area contributed by atoms with Crippen molar-refractivity contribution in [3.8, 4) is 11.5 Å². The lowest BCUT2D eigenvalue weighted by atomic mass is 9.92. The molecular formula is C13H17NO4. The zero-order valence-electron chi connectivity index (χ0n) is 9.97. The highest BCUT2D eigenvalue weighted by atomic mass is 16.3. The second-order valence-corrected chi connectivity index (χ2v) is 4.64. The topological polar surface area (TPSA) is 89.8 Å². The Morgan fingerprint density at radius 3 is 2.56 bits per heavy atom. The van der Waals surface area contributed by atoms with Crippen LogP contribution in [0.4, 0.5) is 0 Å². The number of amides is 1. The Balaban J connectivity index is 2.04. The number of aliphatic hydroxyl groups is 1. The van der Waals surface area contributed by atoms with E-state index >= 15 is 0 Å². The van der Waals surface area contributed by atoms with Crippen molar-refractivity contribution >= 4 is 5.91 Å². The van der Waals surface area contributed by atoms with Gasteiger partial charge in [0.2, 0.25) is 0 Å². The van der Waals surface area contributed by atoms with Crippen LogP contribution in [0.5, 0.6) is 11.5 Å². The van der Waals surface area contributed by atoms with Gasteiger partial charge in [-0.1, -0.05) is 12.8 Å². The van der Waals surface area contributed by atoms with E-state index < -0.39 is 6.10 Å². The lowest BCUT2D eigenvalue weighted by molar-refractivity contribution is 0.0717. The first-order valence-electron chi connectivity index (χ1n) is 6.09. The number of aliphatic hydroxyl groups excluding tert-OH is 1. The van der Waals surface area contributed by atoms with E-state index in [-0.39, 0.29) is 29.0 Å². The van der Waals surface area contributed by atoms with Crippen molar-refractivity contribution in [2.24, 2.45) is 0 Å². The second-order valence-electron chi connectivity index (χ2n) is 4.64. The van der Waals surface area contributed by atoms with Gasteiger partial charge in [0.15, 0.2) is 11.5 Å². The summed E-state index contributed by atoms with van der Waals surface area (Å²) in [7, 11) is 0. The van der Waals surface area contributed by atoms with Gasteiger partial charge in [0.05, 0.1) is 12.1 Å². The monoisotopic (exact) mass is 251 g/mol. The van der Waals surface area contributed by atoms with Crippen LogP contribution in [0.25, 0.3) is 0 Å². The van der Waals surface area contributed by atoms with E-state index in [0.29, 0.717) is 6.42 Å². The van der Waals surface area contributed by atoms with Crippen LogP contribution in [0.1, 0.15) is 36.0 Å². The molecule has 1 saturated carbocycles. The third-order valence-corrected chi connectivity index (χ3v) is 3.28. The first-order chi connectivity index (χ1) is 8.58. The molecule has 1 amide bonds. The van der Waals surface area contributed by atoms with E-state index in [1.165, 1.54) is 18.2 Å². The Hall–Kier alpha value is -1.75. The minimum absolute atomic E-state index is 0.234. The number of rotatable bonds is 2. The Kier molecular flexibility index (Phi) is 3.72. The molecular weight excluding hydrogens is 234 g/mol. The average molecular weight is 251 g/mol. The Labute approximate surface area is 105 Å². The molecule has 1 aliphatic rings. The molecule has 1 aromatic carbocycles. The number of nitrogens with one attached hydrogen (secondary N) is 1. The summed E-state index contributed by atoms with van der Waals surface area (Å²) < 4.78 is 0. The van der Waals surface area contributed by atoms with E-state index in [0.717, 1.165) is 19.3 Å². The van der Waals surface area contributed by atoms with Gasteiger partial charge in [0, 0.05) is 5.56 Å². The van der Waals surface area contributed by atoms with Crippen molar-refractivity contribution < 1.29 is 20.1 Å². The number of hydrogen-bond donors (Lipinski definition) is 4. The predicted octanol–water partition coefficient (Wildman–Crippen LogP) is 1.13. The molecule has 0 aliphatic heterocycles. The third-order valence-electron chi connectivity index (χ3n) is 3.28. The maximum absolute atomic E-state index is 11.9. The fourth-order valence-corrected chi connectivity index (χ4v) is 2.20. The smallest absolute Gasteiger partial charge is 0.251 e. The number of benzene rings is 1. The van der Waals surface area contributed by atoms with E-state index in [4.69, 9.17) is 5.11 Å². The quantitative estimate of drug-likeness (QED) is 0.593. The van der Waals surface area contributed by atoms with Crippen molar-refractivity contribution in [3.05, 3.63) is 23.8 Å². The fraction of sp³-hybridized carbons (Fsp3) is 0.462. The molecule has 2 rings (SSSR count). The molecule has 0 unspecified atom stereocenters. The molecule has 0 aromatic heterocycles. The third kappa shape index (κ3) is 2.73. The highest BCUT2D eigenvalue weighted by molar-refractivity contribution is 5.95. The first-order valence-corrected chi connectivity index (χ1v) is 6.09. The summed E-state index contributed by atoms with van der Waals surface area (Å²) in [5, 5.41) is 31.0. The Morgan fingerprint density at radius 2 is 1.89 bits per heavy atom. The van der Waals surface area contributed by atoms with Crippen molar-refractivity contribution in [3.63, 3.8) is 0 Å². The van der Waals surface area contributed by atoms with Crippen molar-refractivity contribution in [2.45, 2.75) is 37.8 Å². The lowest BCUT2D eigenvalue weighted by Gasteiger charge is -2.28. The van der Waals surface area contributed by atoms with Crippen LogP contribution >= 0.6 is 0 Å². The predicted molar refractivity (Wildman–Crippen MR) is 65.5 cm³/mol.